The van der Waals surface area contributed by atoms with Gasteiger partial charge in [-0.2, -0.15) is 0 Å². The highest BCUT2D eigenvalue weighted by Crippen LogP contribution is 2.18. The molecule has 0 radical (unpaired) electrons. The van der Waals surface area contributed by atoms with Gasteiger partial charge in [-0.15, -0.1) is 0 Å². The zero-order chi connectivity index (χ0) is 13.5. The van der Waals surface area contributed by atoms with E-state index in [9.17, 15) is 4.79 Å². The third-order valence-electron chi connectivity index (χ3n) is 3.11. The standard InChI is InChI=1S/C15H24N2O/c1-4-10-17(12(2)3)15(18)14(11-16)13-8-6-5-7-9-13/h5-9,12,14H,4,10-11,16H2,1-3H3. The normalized spacial score (nSPS) is 12.5. The lowest BCUT2D eigenvalue weighted by atomic mass is 9.97. The fourth-order valence-electron chi connectivity index (χ4n) is 2.13. The van der Waals surface area contributed by atoms with Gasteiger partial charge in [0, 0.05) is 19.1 Å². The number of hydrogen-bond acceptors (Lipinski definition) is 2. The molecule has 1 aromatic carbocycles. The number of hydrogen-bond donors (Lipinski definition) is 1. The molecule has 1 atom stereocenters. The smallest absolute Gasteiger partial charge is 0.231 e. The number of nitrogens with zero attached hydrogens (tertiary/aromatic N) is 1. The van der Waals surface area contributed by atoms with Gasteiger partial charge in [0.15, 0.2) is 0 Å². The minimum Gasteiger partial charge on any atom is -0.340 e. The maximum Gasteiger partial charge on any atom is 0.231 e. The number of carbonyl (C=O) groups is 1. The Labute approximate surface area is 110 Å². The van der Waals surface area contributed by atoms with E-state index in [4.69, 9.17) is 5.73 Å². The van der Waals surface area contributed by atoms with Crippen molar-refractivity contribution in [1.29, 1.82) is 0 Å². The Hall–Kier alpha value is -1.35. The lowest BCUT2D eigenvalue weighted by molar-refractivity contribution is -0.134. The molecule has 0 aromatic heterocycles. The van der Waals surface area contributed by atoms with Crippen LogP contribution in [0.15, 0.2) is 30.3 Å². The van der Waals surface area contributed by atoms with E-state index >= 15 is 0 Å². The van der Waals surface area contributed by atoms with Crippen molar-refractivity contribution < 1.29 is 4.79 Å². The Kier molecular flexibility index (Phi) is 5.86. The van der Waals surface area contributed by atoms with Gasteiger partial charge in [0.25, 0.3) is 0 Å². The molecular formula is C15H24N2O. The predicted octanol–water partition coefficient (Wildman–Crippen LogP) is 2.38. The van der Waals surface area contributed by atoms with Gasteiger partial charge in [0.1, 0.15) is 0 Å². The van der Waals surface area contributed by atoms with Crippen LogP contribution in [0.5, 0.6) is 0 Å². The molecule has 1 amide bonds. The molecule has 1 aromatic rings. The van der Waals surface area contributed by atoms with Crippen LogP contribution in [0.4, 0.5) is 0 Å². The summed E-state index contributed by atoms with van der Waals surface area (Å²) in [6.45, 7) is 7.33. The Morgan fingerprint density at radius 3 is 2.33 bits per heavy atom. The zero-order valence-electron chi connectivity index (χ0n) is 11.6. The molecule has 0 heterocycles. The SMILES string of the molecule is CCCN(C(=O)C(CN)c1ccccc1)C(C)C. The minimum atomic E-state index is -0.222. The van der Waals surface area contributed by atoms with Gasteiger partial charge in [-0.1, -0.05) is 37.3 Å². The lowest BCUT2D eigenvalue weighted by Gasteiger charge is -2.30. The molecule has 1 rings (SSSR count). The molecule has 2 N–H and O–H groups in total. The summed E-state index contributed by atoms with van der Waals surface area (Å²) < 4.78 is 0. The van der Waals surface area contributed by atoms with Crippen LogP contribution in [-0.4, -0.2) is 29.9 Å². The first-order valence-corrected chi connectivity index (χ1v) is 6.67. The van der Waals surface area contributed by atoms with Gasteiger partial charge in [0.05, 0.1) is 5.92 Å². The first kappa shape index (κ1) is 14.7. The molecule has 0 saturated heterocycles. The average molecular weight is 248 g/mol. The number of amides is 1. The third kappa shape index (κ3) is 3.57. The zero-order valence-corrected chi connectivity index (χ0v) is 11.6. The third-order valence-corrected chi connectivity index (χ3v) is 3.11. The van der Waals surface area contributed by atoms with Crippen LogP contribution < -0.4 is 5.73 Å². The highest BCUT2D eigenvalue weighted by molar-refractivity contribution is 5.84. The minimum absolute atomic E-state index is 0.139. The van der Waals surface area contributed by atoms with Crippen LogP contribution >= 0.6 is 0 Å². The molecule has 100 valence electrons. The van der Waals surface area contributed by atoms with Gasteiger partial charge in [0.2, 0.25) is 5.91 Å². The van der Waals surface area contributed by atoms with Gasteiger partial charge in [-0.05, 0) is 25.8 Å². The molecule has 3 heteroatoms. The molecule has 0 aliphatic rings. The Balaban J connectivity index is 2.90. The van der Waals surface area contributed by atoms with E-state index in [0.717, 1.165) is 18.5 Å². The van der Waals surface area contributed by atoms with Crippen LogP contribution in [0.2, 0.25) is 0 Å². The molecule has 0 fully saturated rings. The molecule has 0 aliphatic heterocycles. The largest absolute Gasteiger partial charge is 0.340 e. The summed E-state index contributed by atoms with van der Waals surface area (Å²) >= 11 is 0. The summed E-state index contributed by atoms with van der Waals surface area (Å²) in [5, 5.41) is 0. The predicted molar refractivity (Wildman–Crippen MR) is 75.4 cm³/mol. The van der Waals surface area contributed by atoms with E-state index in [1.807, 2.05) is 49.1 Å². The second-order valence-electron chi connectivity index (χ2n) is 4.82. The highest BCUT2D eigenvalue weighted by atomic mass is 16.2. The maximum atomic E-state index is 12.6. The molecule has 0 aliphatic carbocycles. The summed E-state index contributed by atoms with van der Waals surface area (Å²) in [6.07, 6.45) is 0.968. The van der Waals surface area contributed by atoms with Crippen LogP contribution in [0.25, 0.3) is 0 Å². The molecular weight excluding hydrogens is 224 g/mol. The van der Waals surface area contributed by atoms with Crippen molar-refractivity contribution in [3.8, 4) is 0 Å². The number of benzene rings is 1. The van der Waals surface area contributed by atoms with Crippen molar-refractivity contribution in [3.63, 3.8) is 0 Å². The first-order chi connectivity index (χ1) is 8.61. The van der Waals surface area contributed by atoms with E-state index in [-0.39, 0.29) is 17.9 Å². The summed E-state index contributed by atoms with van der Waals surface area (Å²) in [5.41, 5.74) is 6.80. The van der Waals surface area contributed by atoms with Crippen molar-refractivity contribution in [1.82, 2.24) is 4.90 Å². The van der Waals surface area contributed by atoms with Gasteiger partial charge in [-0.25, -0.2) is 0 Å². The number of nitrogens with two attached hydrogens (primary N) is 1. The van der Waals surface area contributed by atoms with Crippen molar-refractivity contribution in [2.45, 2.75) is 39.2 Å². The fourth-order valence-corrected chi connectivity index (χ4v) is 2.13. The lowest BCUT2D eigenvalue weighted by Crippen LogP contribution is -2.42. The van der Waals surface area contributed by atoms with E-state index in [1.54, 1.807) is 0 Å². The Morgan fingerprint density at radius 1 is 1.28 bits per heavy atom. The van der Waals surface area contributed by atoms with E-state index in [0.29, 0.717) is 6.54 Å². The second-order valence-corrected chi connectivity index (χ2v) is 4.82. The Morgan fingerprint density at radius 2 is 1.89 bits per heavy atom. The summed E-state index contributed by atoms with van der Waals surface area (Å²) in [6, 6.07) is 10.0. The van der Waals surface area contributed by atoms with Gasteiger partial charge >= 0.3 is 0 Å². The molecule has 18 heavy (non-hydrogen) atoms. The van der Waals surface area contributed by atoms with Crippen LogP contribution in [0.3, 0.4) is 0 Å². The second kappa shape index (κ2) is 7.17. The fraction of sp³-hybridized carbons (Fsp3) is 0.533. The number of carbonyl (C=O) groups excluding carboxylic acids is 1. The van der Waals surface area contributed by atoms with Gasteiger partial charge in [-0.3, -0.25) is 4.79 Å². The van der Waals surface area contributed by atoms with E-state index in [2.05, 4.69) is 6.92 Å². The van der Waals surface area contributed by atoms with Crippen molar-refractivity contribution >= 4 is 5.91 Å². The topological polar surface area (TPSA) is 46.3 Å². The van der Waals surface area contributed by atoms with Gasteiger partial charge < -0.3 is 10.6 Å². The molecule has 0 spiro atoms. The summed E-state index contributed by atoms with van der Waals surface area (Å²) in [4.78, 5) is 14.5. The van der Waals surface area contributed by atoms with Crippen molar-refractivity contribution in [2.24, 2.45) is 5.73 Å². The highest BCUT2D eigenvalue weighted by Gasteiger charge is 2.25. The van der Waals surface area contributed by atoms with E-state index in [1.165, 1.54) is 0 Å². The Bertz CT molecular complexity index is 362. The molecule has 0 saturated carbocycles. The summed E-state index contributed by atoms with van der Waals surface area (Å²) in [5.74, 6) is -0.0827. The van der Waals surface area contributed by atoms with Crippen LogP contribution in [0.1, 0.15) is 38.7 Å². The van der Waals surface area contributed by atoms with Crippen LogP contribution in [-0.2, 0) is 4.79 Å². The molecule has 3 nitrogen and oxygen atoms in total. The quantitative estimate of drug-likeness (QED) is 0.840. The molecule has 1 unspecified atom stereocenters. The monoisotopic (exact) mass is 248 g/mol. The summed E-state index contributed by atoms with van der Waals surface area (Å²) in [7, 11) is 0. The first-order valence-electron chi connectivity index (χ1n) is 6.67. The molecule has 0 bridgehead atoms. The van der Waals surface area contributed by atoms with Crippen molar-refractivity contribution in [3.05, 3.63) is 35.9 Å². The van der Waals surface area contributed by atoms with Crippen LogP contribution in [0, 0.1) is 0 Å². The maximum absolute atomic E-state index is 12.6. The van der Waals surface area contributed by atoms with Crippen molar-refractivity contribution in [2.75, 3.05) is 13.1 Å². The number of rotatable bonds is 6. The van der Waals surface area contributed by atoms with E-state index < -0.39 is 0 Å². The average Bonchev–Trinajstić information content (AvgIpc) is 2.37.